The number of rotatable bonds is 2. The number of hydrogen-bond donors (Lipinski definition) is 1. The maximum atomic E-state index is 11.6. The van der Waals surface area contributed by atoms with E-state index in [2.05, 4.69) is 5.32 Å². The van der Waals surface area contributed by atoms with E-state index in [1.165, 1.54) is 0 Å². The topological polar surface area (TPSA) is 47.6 Å². The first-order valence-electron chi connectivity index (χ1n) is 4.40. The zero-order chi connectivity index (χ0) is 10.1. The Morgan fingerprint density at radius 1 is 1.46 bits per heavy atom. The van der Waals surface area contributed by atoms with E-state index in [-0.39, 0.29) is 5.97 Å². The van der Waals surface area contributed by atoms with Crippen LogP contribution in [-0.2, 0) is 14.3 Å². The van der Waals surface area contributed by atoms with Gasteiger partial charge in [0.15, 0.2) is 5.54 Å². The highest BCUT2D eigenvalue weighted by Gasteiger charge is 2.47. The number of nitrogens with one attached hydrogen (secondary N) is 1. The molecule has 0 atom stereocenters. The van der Waals surface area contributed by atoms with Gasteiger partial charge in [0.2, 0.25) is 0 Å². The molecule has 4 heteroatoms. The number of likely N-dealkylation sites (N-methyl/N-ethyl adjacent to an activating group) is 1. The van der Waals surface area contributed by atoms with Crippen molar-refractivity contribution >= 4 is 5.97 Å². The molecule has 0 unspecified atom stereocenters. The summed E-state index contributed by atoms with van der Waals surface area (Å²) in [5, 5.41) is 2.94. The van der Waals surface area contributed by atoms with Gasteiger partial charge in [-0.25, -0.2) is 4.79 Å². The standard InChI is InChI=1S/C9H17NO3/c1-8(2,3)13-7(11)9(10-4)5-12-6-9/h10H,5-6H2,1-4H3. The van der Waals surface area contributed by atoms with E-state index in [0.717, 1.165) is 0 Å². The van der Waals surface area contributed by atoms with Crippen LogP contribution >= 0.6 is 0 Å². The highest BCUT2D eigenvalue weighted by molar-refractivity contribution is 5.82. The third-order valence-electron chi connectivity index (χ3n) is 1.97. The molecule has 1 saturated heterocycles. The number of carbonyl (C=O) groups excluding carboxylic acids is 1. The fourth-order valence-corrected chi connectivity index (χ4v) is 1.05. The van der Waals surface area contributed by atoms with Gasteiger partial charge in [-0.15, -0.1) is 0 Å². The van der Waals surface area contributed by atoms with Crippen LogP contribution in [0.2, 0.25) is 0 Å². The molecule has 0 aliphatic carbocycles. The van der Waals surface area contributed by atoms with Crippen molar-refractivity contribution in [2.24, 2.45) is 0 Å². The molecular formula is C9H17NO3. The Morgan fingerprint density at radius 2 is 2.00 bits per heavy atom. The second-order valence-corrected chi connectivity index (χ2v) is 4.33. The summed E-state index contributed by atoms with van der Waals surface area (Å²) >= 11 is 0. The van der Waals surface area contributed by atoms with Crippen LogP contribution in [-0.4, -0.2) is 37.4 Å². The fourth-order valence-electron chi connectivity index (χ4n) is 1.05. The van der Waals surface area contributed by atoms with Crippen LogP contribution in [0.3, 0.4) is 0 Å². The Hall–Kier alpha value is -0.610. The highest BCUT2D eigenvalue weighted by Crippen LogP contribution is 2.21. The first kappa shape index (κ1) is 10.5. The Morgan fingerprint density at radius 3 is 2.23 bits per heavy atom. The number of hydrogen-bond acceptors (Lipinski definition) is 4. The van der Waals surface area contributed by atoms with Gasteiger partial charge in [-0.05, 0) is 27.8 Å². The monoisotopic (exact) mass is 187 g/mol. The van der Waals surface area contributed by atoms with Crippen molar-refractivity contribution in [1.82, 2.24) is 5.32 Å². The van der Waals surface area contributed by atoms with E-state index in [1.807, 2.05) is 20.8 Å². The predicted molar refractivity (Wildman–Crippen MR) is 48.5 cm³/mol. The lowest BCUT2D eigenvalue weighted by Crippen LogP contribution is -2.65. The van der Waals surface area contributed by atoms with E-state index in [0.29, 0.717) is 13.2 Å². The molecule has 1 heterocycles. The molecule has 0 aromatic rings. The van der Waals surface area contributed by atoms with Crippen molar-refractivity contribution in [1.29, 1.82) is 0 Å². The summed E-state index contributed by atoms with van der Waals surface area (Å²) in [7, 11) is 1.74. The summed E-state index contributed by atoms with van der Waals surface area (Å²) in [6.07, 6.45) is 0. The molecule has 0 radical (unpaired) electrons. The molecule has 76 valence electrons. The molecule has 1 N–H and O–H groups in total. The smallest absolute Gasteiger partial charge is 0.331 e. The van der Waals surface area contributed by atoms with Crippen LogP contribution in [0.15, 0.2) is 0 Å². The maximum absolute atomic E-state index is 11.6. The molecule has 1 rings (SSSR count). The Balaban J connectivity index is 2.56. The lowest BCUT2D eigenvalue weighted by molar-refractivity contribution is -0.182. The van der Waals surface area contributed by atoms with Crippen molar-refractivity contribution in [3.05, 3.63) is 0 Å². The average Bonchev–Trinajstić information content (AvgIpc) is 1.80. The maximum Gasteiger partial charge on any atom is 0.331 e. The van der Waals surface area contributed by atoms with Gasteiger partial charge < -0.3 is 14.8 Å². The van der Waals surface area contributed by atoms with Crippen molar-refractivity contribution in [3.8, 4) is 0 Å². The van der Waals surface area contributed by atoms with Gasteiger partial charge in [0.1, 0.15) is 5.60 Å². The first-order chi connectivity index (χ1) is 5.90. The van der Waals surface area contributed by atoms with Gasteiger partial charge >= 0.3 is 5.97 Å². The number of carbonyl (C=O) groups is 1. The molecule has 0 amide bonds. The van der Waals surface area contributed by atoms with Crippen LogP contribution in [0.5, 0.6) is 0 Å². The molecular weight excluding hydrogens is 170 g/mol. The molecule has 0 bridgehead atoms. The fraction of sp³-hybridized carbons (Fsp3) is 0.889. The molecule has 0 aromatic heterocycles. The minimum atomic E-state index is -0.604. The summed E-state index contributed by atoms with van der Waals surface area (Å²) in [5.74, 6) is -0.228. The van der Waals surface area contributed by atoms with Crippen molar-refractivity contribution in [2.45, 2.75) is 31.9 Å². The van der Waals surface area contributed by atoms with Crippen LogP contribution in [0.1, 0.15) is 20.8 Å². The highest BCUT2D eigenvalue weighted by atomic mass is 16.6. The lowest BCUT2D eigenvalue weighted by Gasteiger charge is -2.40. The third kappa shape index (κ3) is 2.19. The van der Waals surface area contributed by atoms with Crippen LogP contribution in [0, 0.1) is 0 Å². The minimum Gasteiger partial charge on any atom is -0.458 e. The van der Waals surface area contributed by atoms with E-state index < -0.39 is 11.1 Å². The van der Waals surface area contributed by atoms with Crippen molar-refractivity contribution < 1.29 is 14.3 Å². The van der Waals surface area contributed by atoms with Crippen LogP contribution in [0.25, 0.3) is 0 Å². The number of esters is 1. The third-order valence-corrected chi connectivity index (χ3v) is 1.97. The summed E-state index contributed by atoms with van der Waals surface area (Å²) < 4.78 is 10.3. The van der Waals surface area contributed by atoms with Gasteiger partial charge in [0.25, 0.3) is 0 Å². The number of ether oxygens (including phenoxy) is 2. The van der Waals surface area contributed by atoms with Crippen LogP contribution < -0.4 is 5.32 Å². The Bertz CT molecular complexity index is 198. The summed E-state index contributed by atoms with van der Waals surface area (Å²) in [6.45, 7) is 6.37. The second kappa shape index (κ2) is 3.27. The normalized spacial score (nSPS) is 20.6. The van der Waals surface area contributed by atoms with E-state index in [4.69, 9.17) is 9.47 Å². The van der Waals surface area contributed by atoms with E-state index in [1.54, 1.807) is 7.05 Å². The predicted octanol–water partition coefficient (Wildman–Crippen LogP) is 0.316. The molecule has 13 heavy (non-hydrogen) atoms. The van der Waals surface area contributed by atoms with Gasteiger partial charge in [0, 0.05) is 0 Å². The molecule has 4 nitrogen and oxygen atoms in total. The van der Waals surface area contributed by atoms with Crippen molar-refractivity contribution in [3.63, 3.8) is 0 Å². The molecule has 0 aromatic carbocycles. The van der Waals surface area contributed by atoms with Gasteiger partial charge in [0.05, 0.1) is 13.2 Å². The Labute approximate surface area is 78.6 Å². The zero-order valence-corrected chi connectivity index (χ0v) is 8.64. The quantitative estimate of drug-likeness (QED) is 0.632. The summed E-state index contributed by atoms with van der Waals surface area (Å²) in [6, 6.07) is 0. The second-order valence-electron chi connectivity index (χ2n) is 4.33. The molecule has 1 aliphatic rings. The molecule has 1 aliphatic heterocycles. The zero-order valence-electron chi connectivity index (χ0n) is 8.64. The van der Waals surface area contributed by atoms with Crippen LogP contribution in [0.4, 0.5) is 0 Å². The SMILES string of the molecule is CNC1(C(=O)OC(C)(C)C)COC1. The molecule has 0 spiro atoms. The largest absolute Gasteiger partial charge is 0.458 e. The lowest BCUT2D eigenvalue weighted by atomic mass is 9.98. The van der Waals surface area contributed by atoms with Gasteiger partial charge in [-0.3, -0.25) is 0 Å². The summed E-state index contributed by atoms with van der Waals surface area (Å²) in [5.41, 5.74) is -1.04. The van der Waals surface area contributed by atoms with Gasteiger partial charge in [-0.2, -0.15) is 0 Å². The molecule has 1 fully saturated rings. The average molecular weight is 187 g/mol. The van der Waals surface area contributed by atoms with Gasteiger partial charge in [-0.1, -0.05) is 0 Å². The van der Waals surface area contributed by atoms with Crippen molar-refractivity contribution in [2.75, 3.05) is 20.3 Å². The molecule has 0 saturated carbocycles. The summed E-state index contributed by atoms with van der Waals surface area (Å²) in [4.78, 5) is 11.6. The van der Waals surface area contributed by atoms with E-state index in [9.17, 15) is 4.79 Å². The Kier molecular flexibility index (Phi) is 2.63. The minimum absolute atomic E-state index is 0.228. The first-order valence-corrected chi connectivity index (χ1v) is 4.40. The van der Waals surface area contributed by atoms with E-state index >= 15 is 0 Å².